The maximum absolute atomic E-state index is 9.03. The molecule has 0 aliphatic heterocycles. The highest BCUT2D eigenvalue weighted by molar-refractivity contribution is 4.92. The fourth-order valence-electron chi connectivity index (χ4n) is 1.48. The van der Waals surface area contributed by atoms with Gasteiger partial charge in [-0.3, -0.25) is 0 Å². The fourth-order valence-corrected chi connectivity index (χ4v) is 1.48. The van der Waals surface area contributed by atoms with Crippen LogP contribution >= 0.6 is 0 Å². The third-order valence-electron chi connectivity index (χ3n) is 2.26. The summed E-state index contributed by atoms with van der Waals surface area (Å²) < 4.78 is 0. The SMILES string of the molecule is CC(O)CCNC1CC=CCC1. The molecule has 0 aromatic carbocycles. The van der Waals surface area contributed by atoms with Gasteiger partial charge < -0.3 is 10.4 Å². The van der Waals surface area contributed by atoms with E-state index in [1.165, 1.54) is 12.8 Å². The summed E-state index contributed by atoms with van der Waals surface area (Å²) >= 11 is 0. The first-order chi connectivity index (χ1) is 5.79. The molecule has 2 N–H and O–H groups in total. The third-order valence-corrected chi connectivity index (χ3v) is 2.26. The van der Waals surface area contributed by atoms with E-state index in [1.807, 2.05) is 6.92 Å². The van der Waals surface area contributed by atoms with E-state index in [0.717, 1.165) is 19.4 Å². The lowest BCUT2D eigenvalue weighted by Crippen LogP contribution is -2.31. The monoisotopic (exact) mass is 169 g/mol. The van der Waals surface area contributed by atoms with E-state index in [-0.39, 0.29) is 6.10 Å². The van der Waals surface area contributed by atoms with Gasteiger partial charge in [0.1, 0.15) is 0 Å². The van der Waals surface area contributed by atoms with Crippen LogP contribution in [0.2, 0.25) is 0 Å². The number of aliphatic hydroxyl groups excluding tert-OH is 1. The Balaban J connectivity index is 2.03. The molecule has 0 aromatic rings. The number of rotatable bonds is 4. The summed E-state index contributed by atoms with van der Waals surface area (Å²) in [5.41, 5.74) is 0. The first kappa shape index (κ1) is 9.75. The lowest BCUT2D eigenvalue weighted by molar-refractivity contribution is 0.182. The second kappa shape index (κ2) is 5.33. The minimum atomic E-state index is -0.170. The predicted octanol–water partition coefficient (Wildman–Crippen LogP) is 1.46. The van der Waals surface area contributed by atoms with E-state index >= 15 is 0 Å². The van der Waals surface area contributed by atoms with E-state index in [9.17, 15) is 0 Å². The lowest BCUT2D eigenvalue weighted by Gasteiger charge is -2.19. The van der Waals surface area contributed by atoms with Crippen molar-refractivity contribution in [2.24, 2.45) is 0 Å². The Kier molecular flexibility index (Phi) is 4.33. The summed E-state index contributed by atoms with van der Waals surface area (Å²) in [6.45, 7) is 2.78. The van der Waals surface area contributed by atoms with Gasteiger partial charge in [0.15, 0.2) is 0 Å². The molecule has 1 aliphatic carbocycles. The first-order valence-electron chi connectivity index (χ1n) is 4.85. The van der Waals surface area contributed by atoms with Crippen LogP contribution in [0.5, 0.6) is 0 Å². The summed E-state index contributed by atoms with van der Waals surface area (Å²) in [4.78, 5) is 0. The summed E-state index contributed by atoms with van der Waals surface area (Å²) in [7, 11) is 0. The summed E-state index contributed by atoms with van der Waals surface area (Å²) in [6, 6.07) is 0.647. The van der Waals surface area contributed by atoms with Crippen molar-refractivity contribution >= 4 is 0 Å². The van der Waals surface area contributed by atoms with Crippen LogP contribution in [0.1, 0.15) is 32.6 Å². The van der Waals surface area contributed by atoms with Gasteiger partial charge in [-0.15, -0.1) is 0 Å². The van der Waals surface area contributed by atoms with Crippen LogP contribution in [0.4, 0.5) is 0 Å². The van der Waals surface area contributed by atoms with Crippen molar-refractivity contribution in [1.82, 2.24) is 5.32 Å². The maximum Gasteiger partial charge on any atom is 0.0524 e. The quantitative estimate of drug-likeness (QED) is 0.624. The van der Waals surface area contributed by atoms with E-state index < -0.39 is 0 Å². The van der Waals surface area contributed by atoms with Crippen LogP contribution in [-0.2, 0) is 0 Å². The molecule has 1 rings (SSSR count). The van der Waals surface area contributed by atoms with Crippen molar-refractivity contribution in [1.29, 1.82) is 0 Å². The van der Waals surface area contributed by atoms with Gasteiger partial charge in [-0.2, -0.15) is 0 Å². The second-order valence-corrected chi connectivity index (χ2v) is 3.57. The van der Waals surface area contributed by atoms with Crippen LogP contribution in [0.3, 0.4) is 0 Å². The predicted molar refractivity (Wildman–Crippen MR) is 51.1 cm³/mol. The molecule has 2 nitrogen and oxygen atoms in total. The van der Waals surface area contributed by atoms with Crippen LogP contribution in [0, 0.1) is 0 Å². The molecule has 2 atom stereocenters. The molecule has 70 valence electrons. The summed E-state index contributed by atoms with van der Waals surface area (Å²) in [5.74, 6) is 0. The average Bonchev–Trinajstić information content (AvgIpc) is 2.05. The molecule has 0 spiro atoms. The highest BCUT2D eigenvalue weighted by Gasteiger charge is 2.08. The Morgan fingerprint density at radius 1 is 1.58 bits per heavy atom. The number of nitrogens with one attached hydrogen (secondary N) is 1. The van der Waals surface area contributed by atoms with Crippen molar-refractivity contribution in [2.75, 3.05) is 6.54 Å². The van der Waals surface area contributed by atoms with Gasteiger partial charge in [0, 0.05) is 6.04 Å². The van der Waals surface area contributed by atoms with Crippen LogP contribution in [0.15, 0.2) is 12.2 Å². The minimum absolute atomic E-state index is 0.170. The van der Waals surface area contributed by atoms with Crippen molar-refractivity contribution in [3.8, 4) is 0 Å². The molecule has 12 heavy (non-hydrogen) atoms. The first-order valence-corrected chi connectivity index (χ1v) is 4.85. The number of allylic oxidation sites excluding steroid dienone is 1. The molecular formula is C10H19NO. The van der Waals surface area contributed by atoms with E-state index in [2.05, 4.69) is 17.5 Å². The maximum atomic E-state index is 9.03. The lowest BCUT2D eigenvalue weighted by atomic mass is 10.0. The standard InChI is InChI=1S/C10H19NO/c1-9(12)7-8-11-10-5-3-2-4-6-10/h2-3,9-12H,4-8H2,1H3. The molecular weight excluding hydrogens is 150 g/mol. The summed E-state index contributed by atoms with van der Waals surface area (Å²) in [6.07, 6.45) is 8.77. The highest BCUT2D eigenvalue weighted by atomic mass is 16.3. The number of aliphatic hydroxyl groups is 1. The highest BCUT2D eigenvalue weighted by Crippen LogP contribution is 2.10. The molecule has 2 unspecified atom stereocenters. The van der Waals surface area contributed by atoms with Gasteiger partial charge in [0.25, 0.3) is 0 Å². The smallest absolute Gasteiger partial charge is 0.0524 e. The zero-order valence-corrected chi connectivity index (χ0v) is 7.79. The molecule has 0 bridgehead atoms. The number of hydrogen-bond donors (Lipinski definition) is 2. The Labute approximate surface area is 74.7 Å². The normalized spacial score (nSPS) is 25.7. The van der Waals surface area contributed by atoms with Crippen molar-refractivity contribution in [3.63, 3.8) is 0 Å². The van der Waals surface area contributed by atoms with E-state index in [1.54, 1.807) is 0 Å². The van der Waals surface area contributed by atoms with Crippen molar-refractivity contribution < 1.29 is 5.11 Å². The molecule has 0 amide bonds. The van der Waals surface area contributed by atoms with Gasteiger partial charge in [-0.05, 0) is 39.2 Å². The zero-order chi connectivity index (χ0) is 8.81. The Morgan fingerprint density at radius 3 is 3.00 bits per heavy atom. The molecule has 0 saturated heterocycles. The number of hydrogen-bond acceptors (Lipinski definition) is 2. The van der Waals surface area contributed by atoms with E-state index in [4.69, 9.17) is 5.11 Å². The fraction of sp³-hybridized carbons (Fsp3) is 0.800. The average molecular weight is 169 g/mol. The van der Waals surface area contributed by atoms with Gasteiger partial charge in [0.2, 0.25) is 0 Å². The zero-order valence-electron chi connectivity index (χ0n) is 7.79. The van der Waals surface area contributed by atoms with Crippen LogP contribution < -0.4 is 5.32 Å². The van der Waals surface area contributed by atoms with Crippen LogP contribution in [0.25, 0.3) is 0 Å². The molecule has 2 heteroatoms. The van der Waals surface area contributed by atoms with Gasteiger partial charge in [0.05, 0.1) is 6.10 Å². The Morgan fingerprint density at radius 2 is 2.42 bits per heavy atom. The molecule has 0 saturated carbocycles. The van der Waals surface area contributed by atoms with Gasteiger partial charge >= 0.3 is 0 Å². The van der Waals surface area contributed by atoms with Gasteiger partial charge in [-0.25, -0.2) is 0 Å². The van der Waals surface area contributed by atoms with Gasteiger partial charge in [-0.1, -0.05) is 12.2 Å². The van der Waals surface area contributed by atoms with Crippen molar-refractivity contribution in [3.05, 3.63) is 12.2 Å². The molecule has 0 heterocycles. The Bertz CT molecular complexity index is 143. The third kappa shape index (κ3) is 3.88. The van der Waals surface area contributed by atoms with Crippen LogP contribution in [-0.4, -0.2) is 23.8 Å². The molecule has 0 fully saturated rings. The Hall–Kier alpha value is -0.340. The molecule has 0 aromatic heterocycles. The minimum Gasteiger partial charge on any atom is -0.393 e. The largest absolute Gasteiger partial charge is 0.393 e. The molecule has 0 radical (unpaired) electrons. The van der Waals surface area contributed by atoms with E-state index in [0.29, 0.717) is 6.04 Å². The topological polar surface area (TPSA) is 32.3 Å². The van der Waals surface area contributed by atoms with Crippen molar-refractivity contribution in [2.45, 2.75) is 44.8 Å². The summed E-state index contributed by atoms with van der Waals surface area (Å²) in [5, 5.41) is 12.5. The molecule has 1 aliphatic rings. The second-order valence-electron chi connectivity index (χ2n) is 3.57.